The number of hydrogen-bond acceptors (Lipinski definition) is 1. The van der Waals surface area contributed by atoms with Crippen molar-refractivity contribution in [3.8, 4) is 0 Å². The highest BCUT2D eigenvalue weighted by atomic mass is 16.1. The second-order valence-corrected chi connectivity index (χ2v) is 5.18. The van der Waals surface area contributed by atoms with Crippen molar-refractivity contribution in [3.05, 3.63) is 58.7 Å². The molecule has 0 saturated heterocycles. The van der Waals surface area contributed by atoms with Gasteiger partial charge in [0.1, 0.15) is 6.29 Å². The first-order valence-electron chi connectivity index (χ1n) is 5.96. The van der Waals surface area contributed by atoms with Crippen LogP contribution in [0.15, 0.2) is 47.6 Å². The van der Waals surface area contributed by atoms with Crippen molar-refractivity contribution in [3.63, 3.8) is 0 Å². The molecule has 0 amide bonds. The fourth-order valence-corrected chi connectivity index (χ4v) is 2.91. The molecule has 1 aliphatic carbocycles. The van der Waals surface area contributed by atoms with Crippen LogP contribution in [0.2, 0.25) is 0 Å². The molecule has 0 bridgehead atoms. The van der Waals surface area contributed by atoms with Crippen molar-refractivity contribution in [2.75, 3.05) is 0 Å². The maximum atomic E-state index is 11.1. The van der Waals surface area contributed by atoms with E-state index in [1.54, 1.807) is 0 Å². The van der Waals surface area contributed by atoms with E-state index in [1.807, 2.05) is 18.2 Å². The van der Waals surface area contributed by atoms with Crippen LogP contribution in [0.5, 0.6) is 0 Å². The zero-order valence-corrected chi connectivity index (χ0v) is 10.7. The molecule has 1 aromatic carbocycles. The Morgan fingerprint density at radius 1 is 1.24 bits per heavy atom. The van der Waals surface area contributed by atoms with E-state index < -0.39 is 0 Å². The van der Waals surface area contributed by atoms with Crippen LogP contribution in [0.25, 0.3) is 0 Å². The van der Waals surface area contributed by atoms with Crippen LogP contribution in [0.1, 0.15) is 43.1 Å². The fraction of sp³-hybridized carbons (Fsp3) is 0.312. The Hall–Kier alpha value is -1.63. The smallest absolute Gasteiger partial charge is 0.150 e. The summed E-state index contributed by atoms with van der Waals surface area (Å²) >= 11 is 0. The summed E-state index contributed by atoms with van der Waals surface area (Å²) in [7, 11) is 0. The molecule has 1 unspecified atom stereocenters. The lowest BCUT2D eigenvalue weighted by molar-refractivity contribution is 0.112. The van der Waals surface area contributed by atoms with Crippen LogP contribution in [0, 0.1) is 0 Å². The van der Waals surface area contributed by atoms with E-state index in [-0.39, 0.29) is 5.41 Å². The summed E-state index contributed by atoms with van der Waals surface area (Å²) in [6, 6.07) is 7.87. The minimum absolute atomic E-state index is 0.0551. The summed E-state index contributed by atoms with van der Waals surface area (Å²) in [5, 5.41) is 0. The van der Waals surface area contributed by atoms with Gasteiger partial charge in [0, 0.05) is 11.0 Å². The molecule has 0 aromatic heterocycles. The molecule has 0 spiro atoms. The molecule has 2 rings (SSSR count). The number of hydrogen-bond donors (Lipinski definition) is 0. The SMILES string of the molecule is CC1=CC(C)(c2ccccc2C=O)CC(C)=C1. The topological polar surface area (TPSA) is 17.1 Å². The van der Waals surface area contributed by atoms with Gasteiger partial charge in [0.15, 0.2) is 0 Å². The van der Waals surface area contributed by atoms with E-state index in [1.165, 1.54) is 11.1 Å². The molecular weight excluding hydrogens is 208 g/mol. The highest BCUT2D eigenvalue weighted by Gasteiger charge is 2.28. The van der Waals surface area contributed by atoms with Crippen LogP contribution < -0.4 is 0 Å². The summed E-state index contributed by atoms with van der Waals surface area (Å²) in [6.45, 7) is 6.47. The molecule has 17 heavy (non-hydrogen) atoms. The summed E-state index contributed by atoms with van der Waals surface area (Å²) in [6.07, 6.45) is 6.42. The van der Waals surface area contributed by atoms with E-state index >= 15 is 0 Å². The normalized spacial score (nSPS) is 23.9. The van der Waals surface area contributed by atoms with Crippen LogP contribution in [0.4, 0.5) is 0 Å². The second-order valence-electron chi connectivity index (χ2n) is 5.18. The number of carbonyl (C=O) groups is 1. The van der Waals surface area contributed by atoms with Gasteiger partial charge in [-0.25, -0.2) is 0 Å². The van der Waals surface area contributed by atoms with Crippen molar-refractivity contribution in [2.45, 2.75) is 32.6 Å². The lowest BCUT2D eigenvalue weighted by atomic mass is 9.72. The highest BCUT2D eigenvalue weighted by Crippen LogP contribution is 2.38. The minimum atomic E-state index is -0.0551. The van der Waals surface area contributed by atoms with E-state index in [2.05, 4.69) is 39.0 Å². The van der Waals surface area contributed by atoms with Crippen LogP contribution in [-0.2, 0) is 5.41 Å². The summed E-state index contributed by atoms with van der Waals surface area (Å²) in [5.41, 5.74) is 4.51. The second kappa shape index (κ2) is 4.33. The average Bonchev–Trinajstić information content (AvgIpc) is 2.27. The highest BCUT2D eigenvalue weighted by molar-refractivity contribution is 5.78. The lowest BCUT2D eigenvalue weighted by Gasteiger charge is -2.32. The van der Waals surface area contributed by atoms with Gasteiger partial charge < -0.3 is 0 Å². The van der Waals surface area contributed by atoms with Gasteiger partial charge in [0.05, 0.1) is 0 Å². The lowest BCUT2D eigenvalue weighted by Crippen LogP contribution is -2.23. The third-order valence-corrected chi connectivity index (χ3v) is 3.37. The maximum Gasteiger partial charge on any atom is 0.150 e. The van der Waals surface area contributed by atoms with Gasteiger partial charge in [-0.05, 0) is 25.8 Å². The molecule has 0 aliphatic heterocycles. The zero-order valence-electron chi connectivity index (χ0n) is 10.7. The summed E-state index contributed by atoms with van der Waals surface area (Å²) < 4.78 is 0. The molecule has 1 atom stereocenters. The van der Waals surface area contributed by atoms with Crippen molar-refractivity contribution in [1.82, 2.24) is 0 Å². The largest absolute Gasteiger partial charge is 0.298 e. The number of aldehydes is 1. The Balaban J connectivity index is 2.53. The molecule has 0 saturated carbocycles. The maximum absolute atomic E-state index is 11.1. The van der Waals surface area contributed by atoms with E-state index in [9.17, 15) is 4.79 Å². The molecular formula is C16H18O. The Kier molecular flexibility index (Phi) is 3.01. The van der Waals surface area contributed by atoms with Gasteiger partial charge in [0.25, 0.3) is 0 Å². The van der Waals surface area contributed by atoms with Gasteiger partial charge >= 0.3 is 0 Å². The number of benzene rings is 1. The number of rotatable bonds is 2. The fourth-order valence-electron chi connectivity index (χ4n) is 2.91. The van der Waals surface area contributed by atoms with Gasteiger partial charge in [-0.2, -0.15) is 0 Å². The Morgan fingerprint density at radius 2 is 1.94 bits per heavy atom. The molecule has 88 valence electrons. The summed E-state index contributed by atoms with van der Waals surface area (Å²) in [5.74, 6) is 0. The summed E-state index contributed by atoms with van der Waals surface area (Å²) in [4.78, 5) is 11.1. The minimum Gasteiger partial charge on any atom is -0.298 e. The zero-order chi connectivity index (χ0) is 12.5. The first-order chi connectivity index (χ1) is 8.05. The number of allylic oxidation sites excluding steroid dienone is 4. The average molecular weight is 226 g/mol. The van der Waals surface area contributed by atoms with Crippen molar-refractivity contribution >= 4 is 6.29 Å². The molecule has 1 nitrogen and oxygen atoms in total. The molecule has 0 radical (unpaired) electrons. The third-order valence-electron chi connectivity index (χ3n) is 3.37. The van der Waals surface area contributed by atoms with Crippen molar-refractivity contribution in [1.29, 1.82) is 0 Å². The van der Waals surface area contributed by atoms with E-state index in [4.69, 9.17) is 0 Å². The molecule has 1 heteroatoms. The standard InChI is InChI=1S/C16H18O/c1-12-8-13(2)10-16(3,9-12)15-7-5-4-6-14(15)11-17/h4-9,11H,10H2,1-3H3. The number of carbonyl (C=O) groups excluding carboxylic acids is 1. The first kappa shape index (κ1) is 11.8. The Bertz CT molecular complexity index is 508. The van der Waals surface area contributed by atoms with Crippen LogP contribution in [-0.4, -0.2) is 6.29 Å². The van der Waals surface area contributed by atoms with E-state index in [0.29, 0.717) is 0 Å². The Morgan fingerprint density at radius 3 is 2.59 bits per heavy atom. The molecule has 0 N–H and O–H groups in total. The predicted octanol–water partition coefficient (Wildman–Crippen LogP) is 4.05. The van der Waals surface area contributed by atoms with Gasteiger partial charge in [-0.1, -0.05) is 54.5 Å². The third kappa shape index (κ3) is 2.23. The predicted molar refractivity (Wildman–Crippen MR) is 71.3 cm³/mol. The van der Waals surface area contributed by atoms with Gasteiger partial charge in [0.2, 0.25) is 0 Å². The molecule has 1 aromatic rings. The quantitative estimate of drug-likeness (QED) is 0.695. The van der Waals surface area contributed by atoms with Gasteiger partial charge in [-0.15, -0.1) is 0 Å². The van der Waals surface area contributed by atoms with Gasteiger partial charge in [-0.3, -0.25) is 4.79 Å². The van der Waals surface area contributed by atoms with E-state index in [0.717, 1.165) is 23.8 Å². The molecule has 0 fully saturated rings. The Labute approximate surface area is 103 Å². The van der Waals surface area contributed by atoms with Crippen LogP contribution in [0.3, 0.4) is 0 Å². The van der Waals surface area contributed by atoms with Crippen molar-refractivity contribution < 1.29 is 4.79 Å². The molecule has 0 heterocycles. The van der Waals surface area contributed by atoms with Crippen molar-refractivity contribution in [2.24, 2.45) is 0 Å². The van der Waals surface area contributed by atoms with Crippen LogP contribution >= 0.6 is 0 Å². The monoisotopic (exact) mass is 226 g/mol. The first-order valence-corrected chi connectivity index (χ1v) is 5.96. The molecule has 1 aliphatic rings.